The predicted octanol–water partition coefficient (Wildman–Crippen LogP) is 3.09. The number of nitrogens with zero attached hydrogens (tertiary/aromatic N) is 7. The van der Waals surface area contributed by atoms with Crippen LogP contribution in [0.15, 0.2) is 49.2 Å². The third-order valence-corrected chi connectivity index (χ3v) is 4.65. The first-order valence-electron chi connectivity index (χ1n) is 8.39. The molecule has 0 fully saturated rings. The standard InChI is InChI=1S/C19H17N7/c1-12-8-13(2)26-19(23-12)15(10-22-26)18-20-6-7-25(18)14-4-5-16-17(9-14)24(3)11-21-16/h4-11H,1-3H3. The van der Waals surface area contributed by atoms with Gasteiger partial charge in [-0.1, -0.05) is 0 Å². The van der Waals surface area contributed by atoms with Crippen LogP contribution in [0.5, 0.6) is 0 Å². The maximum atomic E-state index is 4.68. The Balaban J connectivity index is 1.73. The van der Waals surface area contributed by atoms with Gasteiger partial charge in [-0.25, -0.2) is 19.5 Å². The number of hydrogen-bond acceptors (Lipinski definition) is 4. The number of aryl methyl sites for hydroxylation is 3. The summed E-state index contributed by atoms with van der Waals surface area (Å²) in [6, 6.07) is 8.21. The van der Waals surface area contributed by atoms with Crippen molar-refractivity contribution in [2.75, 3.05) is 0 Å². The Labute approximate surface area is 149 Å². The molecule has 0 aliphatic rings. The van der Waals surface area contributed by atoms with Crippen LogP contribution < -0.4 is 0 Å². The van der Waals surface area contributed by atoms with E-state index in [1.807, 2.05) is 60.8 Å². The van der Waals surface area contributed by atoms with Crippen LogP contribution in [-0.4, -0.2) is 33.7 Å². The van der Waals surface area contributed by atoms with Crippen LogP contribution in [0.2, 0.25) is 0 Å². The van der Waals surface area contributed by atoms with Crippen LogP contribution in [-0.2, 0) is 7.05 Å². The lowest BCUT2D eigenvalue weighted by Crippen LogP contribution is -2.00. The van der Waals surface area contributed by atoms with Gasteiger partial charge in [-0.15, -0.1) is 0 Å². The second kappa shape index (κ2) is 5.26. The fraction of sp³-hybridized carbons (Fsp3) is 0.158. The van der Waals surface area contributed by atoms with E-state index in [1.54, 1.807) is 6.20 Å². The van der Waals surface area contributed by atoms with E-state index in [0.717, 1.165) is 45.1 Å². The second-order valence-corrected chi connectivity index (χ2v) is 6.48. The minimum absolute atomic E-state index is 0.816. The van der Waals surface area contributed by atoms with Gasteiger partial charge in [0.25, 0.3) is 0 Å². The van der Waals surface area contributed by atoms with Crippen molar-refractivity contribution in [1.29, 1.82) is 0 Å². The van der Waals surface area contributed by atoms with Gasteiger partial charge in [-0.2, -0.15) is 5.10 Å². The molecule has 0 amide bonds. The highest BCUT2D eigenvalue weighted by molar-refractivity contribution is 5.79. The summed E-state index contributed by atoms with van der Waals surface area (Å²) < 4.78 is 5.92. The molecule has 0 radical (unpaired) electrons. The van der Waals surface area contributed by atoms with Gasteiger partial charge in [0.1, 0.15) is 5.82 Å². The quantitative estimate of drug-likeness (QED) is 0.494. The minimum Gasteiger partial charge on any atom is -0.334 e. The van der Waals surface area contributed by atoms with E-state index in [2.05, 4.69) is 36.8 Å². The van der Waals surface area contributed by atoms with E-state index in [1.165, 1.54) is 0 Å². The molecule has 4 heterocycles. The molecule has 0 aliphatic heterocycles. The lowest BCUT2D eigenvalue weighted by Gasteiger charge is -2.08. The molecule has 0 aliphatic carbocycles. The molecule has 5 rings (SSSR count). The highest BCUT2D eigenvalue weighted by atomic mass is 15.3. The maximum Gasteiger partial charge on any atom is 0.166 e. The Hall–Kier alpha value is -3.48. The molecular formula is C19H17N7. The van der Waals surface area contributed by atoms with Crippen molar-refractivity contribution in [2.45, 2.75) is 13.8 Å². The molecule has 5 aromatic rings. The van der Waals surface area contributed by atoms with Crippen LogP contribution in [0.25, 0.3) is 33.8 Å². The molecule has 7 heteroatoms. The van der Waals surface area contributed by atoms with Gasteiger partial charge in [-0.3, -0.25) is 4.57 Å². The zero-order valence-electron chi connectivity index (χ0n) is 14.7. The topological polar surface area (TPSA) is 65.8 Å². The van der Waals surface area contributed by atoms with Crippen molar-refractivity contribution in [3.05, 3.63) is 60.6 Å². The Morgan fingerprint density at radius 2 is 1.92 bits per heavy atom. The fourth-order valence-corrected chi connectivity index (χ4v) is 3.40. The number of benzene rings is 1. The SMILES string of the molecule is Cc1cc(C)n2ncc(-c3nccn3-c3ccc4ncn(C)c4c3)c2n1. The average molecular weight is 343 g/mol. The lowest BCUT2D eigenvalue weighted by molar-refractivity contribution is 0.886. The summed E-state index contributed by atoms with van der Waals surface area (Å²) in [5.41, 5.74) is 6.81. The number of hydrogen-bond donors (Lipinski definition) is 0. The van der Waals surface area contributed by atoms with Crippen molar-refractivity contribution in [2.24, 2.45) is 7.05 Å². The first-order valence-corrected chi connectivity index (χ1v) is 8.39. The van der Waals surface area contributed by atoms with E-state index in [9.17, 15) is 0 Å². The molecule has 1 aromatic carbocycles. The van der Waals surface area contributed by atoms with Gasteiger partial charge in [0.15, 0.2) is 5.65 Å². The highest BCUT2D eigenvalue weighted by Crippen LogP contribution is 2.26. The molecule has 0 spiro atoms. The predicted molar refractivity (Wildman–Crippen MR) is 99.3 cm³/mol. The van der Waals surface area contributed by atoms with Crippen LogP contribution in [0.3, 0.4) is 0 Å². The monoisotopic (exact) mass is 343 g/mol. The molecule has 0 N–H and O–H groups in total. The van der Waals surface area contributed by atoms with Gasteiger partial charge in [0, 0.05) is 36.5 Å². The number of imidazole rings is 2. The Morgan fingerprint density at radius 3 is 2.81 bits per heavy atom. The number of rotatable bonds is 2. The van der Waals surface area contributed by atoms with E-state index in [4.69, 9.17) is 0 Å². The maximum absolute atomic E-state index is 4.68. The summed E-state index contributed by atoms with van der Waals surface area (Å²) in [6.45, 7) is 4.02. The van der Waals surface area contributed by atoms with Gasteiger partial charge >= 0.3 is 0 Å². The normalized spacial score (nSPS) is 11.7. The van der Waals surface area contributed by atoms with Crippen LogP contribution in [0.1, 0.15) is 11.4 Å². The first kappa shape index (κ1) is 14.8. The number of fused-ring (bicyclic) bond motifs is 2. The molecule has 26 heavy (non-hydrogen) atoms. The lowest BCUT2D eigenvalue weighted by atomic mass is 10.2. The average Bonchev–Trinajstić information content (AvgIpc) is 3.33. The van der Waals surface area contributed by atoms with Crippen molar-refractivity contribution in [3.63, 3.8) is 0 Å². The highest BCUT2D eigenvalue weighted by Gasteiger charge is 2.16. The second-order valence-electron chi connectivity index (χ2n) is 6.48. The van der Waals surface area contributed by atoms with Crippen LogP contribution in [0, 0.1) is 13.8 Å². The summed E-state index contributed by atoms with van der Waals surface area (Å²) in [5.74, 6) is 0.819. The zero-order chi connectivity index (χ0) is 17.8. The van der Waals surface area contributed by atoms with E-state index < -0.39 is 0 Å². The third kappa shape index (κ3) is 2.07. The van der Waals surface area contributed by atoms with E-state index in [-0.39, 0.29) is 0 Å². The molecule has 0 saturated heterocycles. The largest absolute Gasteiger partial charge is 0.334 e. The molecule has 0 bridgehead atoms. The van der Waals surface area contributed by atoms with Crippen molar-refractivity contribution < 1.29 is 0 Å². The summed E-state index contributed by atoms with van der Waals surface area (Å²) in [6.07, 6.45) is 7.41. The Morgan fingerprint density at radius 1 is 1.04 bits per heavy atom. The van der Waals surface area contributed by atoms with Crippen LogP contribution >= 0.6 is 0 Å². The molecule has 0 saturated carbocycles. The summed E-state index contributed by atoms with van der Waals surface area (Å²) >= 11 is 0. The zero-order valence-corrected chi connectivity index (χ0v) is 14.7. The number of aromatic nitrogens is 7. The molecular weight excluding hydrogens is 326 g/mol. The van der Waals surface area contributed by atoms with Crippen molar-refractivity contribution >= 4 is 16.7 Å². The minimum atomic E-state index is 0.816. The van der Waals surface area contributed by atoms with E-state index >= 15 is 0 Å². The van der Waals surface area contributed by atoms with Gasteiger partial charge in [-0.05, 0) is 38.1 Å². The van der Waals surface area contributed by atoms with Crippen molar-refractivity contribution in [1.82, 2.24) is 33.7 Å². The fourth-order valence-electron chi connectivity index (χ4n) is 3.40. The van der Waals surface area contributed by atoms with Crippen molar-refractivity contribution in [3.8, 4) is 17.1 Å². The summed E-state index contributed by atoms with van der Waals surface area (Å²) in [7, 11) is 1.99. The molecule has 128 valence electrons. The first-order chi connectivity index (χ1) is 12.6. The molecule has 4 aromatic heterocycles. The molecule has 0 unspecified atom stereocenters. The Kier molecular flexibility index (Phi) is 3.00. The van der Waals surface area contributed by atoms with Gasteiger partial charge in [0.2, 0.25) is 0 Å². The van der Waals surface area contributed by atoms with Crippen LogP contribution in [0.4, 0.5) is 0 Å². The summed E-state index contributed by atoms with van der Waals surface area (Å²) in [4.78, 5) is 13.6. The smallest absolute Gasteiger partial charge is 0.166 e. The molecule has 7 nitrogen and oxygen atoms in total. The third-order valence-electron chi connectivity index (χ3n) is 4.65. The summed E-state index contributed by atoms with van der Waals surface area (Å²) in [5, 5.41) is 4.49. The van der Waals surface area contributed by atoms with Gasteiger partial charge in [0.05, 0.1) is 29.1 Å². The van der Waals surface area contributed by atoms with E-state index in [0.29, 0.717) is 0 Å². The van der Waals surface area contributed by atoms with Gasteiger partial charge < -0.3 is 4.57 Å². The Bertz CT molecular complexity index is 1270. The molecule has 0 atom stereocenters.